The van der Waals surface area contributed by atoms with Crippen LogP contribution in [-0.4, -0.2) is 55.1 Å². The number of benzene rings is 1. The van der Waals surface area contributed by atoms with Crippen LogP contribution in [0.1, 0.15) is 20.1 Å². The van der Waals surface area contributed by atoms with Crippen molar-refractivity contribution in [3.63, 3.8) is 0 Å². The summed E-state index contributed by atoms with van der Waals surface area (Å²) in [5.41, 5.74) is 5.59. The molecule has 1 aromatic carbocycles. The molecule has 1 fully saturated rings. The second kappa shape index (κ2) is 6.95. The van der Waals surface area contributed by atoms with E-state index in [0.717, 1.165) is 35.9 Å². The molecule has 8 heteroatoms. The minimum Gasteiger partial charge on any atom is -0.320 e. The molecule has 1 aromatic heterocycles. The number of thiophene rings is 1. The van der Waals surface area contributed by atoms with Crippen LogP contribution in [0.4, 0.5) is 21.9 Å². The van der Waals surface area contributed by atoms with Gasteiger partial charge in [-0.05, 0) is 33.0 Å². The normalized spacial score (nSPS) is 17.7. The zero-order chi connectivity index (χ0) is 19.1. The van der Waals surface area contributed by atoms with E-state index in [-0.39, 0.29) is 11.9 Å². The molecule has 1 saturated heterocycles. The molecule has 0 atom stereocenters. The lowest BCUT2D eigenvalue weighted by Crippen LogP contribution is -2.55. The average molecular weight is 385 g/mol. The lowest BCUT2D eigenvalue weighted by molar-refractivity contribution is 0.102. The van der Waals surface area contributed by atoms with Gasteiger partial charge in [-0.1, -0.05) is 12.1 Å². The van der Waals surface area contributed by atoms with E-state index in [1.807, 2.05) is 43.1 Å². The maximum Gasteiger partial charge on any atom is 0.341 e. The van der Waals surface area contributed by atoms with Crippen LogP contribution in [0.5, 0.6) is 0 Å². The Bertz CT molecular complexity index is 902. The first-order chi connectivity index (χ1) is 13.0. The van der Waals surface area contributed by atoms with Gasteiger partial charge in [0.15, 0.2) is 0 Å². The summed E-state index contributed by atoms with van der Waals surface area (Å²) in [5, 5.41) is 4.90. The number of aryl methyl sites for hydroxylation is 2. The number of nitrogens with zero attached hydrogens (tertiary/aromatic N) is 3. The van der Waals surface area contributed by atoms with Gasteiger partial charge in [0.1, 0.15) is 0 Å². The third-order valence-corrected chi connectivity index (χ3v) is 6.04. The molecule has 3 heterocycles. The van der Waals surface area contributed by atoms with Gasteiger partial charge in [0.25, 0.3) is 5.91 Å². The van der Waals surface area contributed by atoms with Crippen molar-refractivity contribution < 1.29 is 9.59 Å². The molecule has 2 aliphatic heterocycles. The highest BCUT2D eigenvalue weighted by Crippen LogP contribution is 2.44. The number of amides is 3. The fourth-order valence-corrected chi connectivity index (χ4v) is 4.64. The molecular formula is C19H23N5O2S. The predicted molar refractivity (Wildman–Crippen MR) is 108 cm³/mol. The van der Waals surface area contributed by atoms with Crippen molar-refractivity contribution in [3.05, 3.63) is 39.6 Å². The van der Waals surface area contributed by atoms with E-state index in [4.69, 9.17) is 0 Å². The summed E-state index contributed by atoms with van der Waals surface area (Å²) in [5.74, 6) is -0.172. The first-order valence-electron chi connectivity index (χ1n) is 9.00. The summed E-state index contributed by atoms with van der Waals surface area (Å²) in [6.45, 7) is 7.21. The van der Waals surface area contributed by atoms with Crippen LogP contribution in [0, 0.1) is 13.8 Å². The minimum absolute atomic E-state index is 0.172. The highest BCUT2D eigenvalue weighted by Gasteiger charge is 2.34. The van der Waals surface area contributed by atoms with Gasteiger partial charge in [-0.15, -0.1) is 11.3 Å². The zero-order valence-corrected chi connectivity index (χ0v) is 16.5. The van der Waals surface area contributed by atoms with Crippen LogP contribution in [0.3, 0.4) is 0 Å². The Morgan fingerprint density at radius 3 is 2.56 bits per heavy atom. The molecule has 0 radical (unpaired) electrons. The predicted octanol–water partition coefficient (Wildman–Crippen LogP) is 2.94. The standard InChI is InChI=1S/C19H23N5O2S/c1-12-16-17(13(2)27-12)24(15-7-5-4-6-14(15)20-18(16)25)19(26)21-23-10-8-22(3)9-11-23/h4-7H,8-11H2,1-3H3,(H,20,25)(H,21,26). The zero-order valence-electron chi connectivity index (χ0n) is 15.7. The Hall–Kier alpha value is -2.42. The number of fused-ring (bicyclic) bond motifs is 2. The van der Waals surface area contributed by atoms with Gasteiger partial charge in [-0.25, -0.2) is 9.80 Å². The lowest BCUT2D eigenvalue weighted by atomic mass is 10.1. The van der Waals surface area contributed by atoms with E-state index in [1.54, 1.807) is 4.90 Å². The summed E-state index contributed by atoms with van der Waals surface area (Å²) in [6, 6.07) is 7.17. The quantitative estimate of drug-likeness (QED) is 0.792. The number of likely N-dealkylation sites (N-methyl/N-ethyl adjacent to an activating group) is 1. The second-order valence-electron chi connectivity index (χ2n) is 6.95. The molecule has 0 aliphatic carbocycles. The molecule has 7 nitrogen and oxygen atoms in total. The SMILES string of the molecule is Cc1sc(C)c2c1C(=O)Nc1ccccc1N2C(=O)NN1CCN(C)CC1. The Labute approximate surface area is 162 Å². The van der Waals surface area contributed by atoms with Gasteiger partial charge in [0.2, 0.25) is 0 Å². The van der Waals surface area contributed by atoms with Gasteiger partial charge >= 0.3 is 6.03 Å². The molecule has 3 amide bonds. The van der Waals surface area contributed by atoms with Crippen molar-refractivity contribution in [1.82, 2.24) is 15.3 Å². The van der Waals surface area contributed by atoms with Gasteiger partial charge in [0, 0.05) is 35.9 Å². The third kappa shape index (κ3) is 3.20. The van der Waals surface area contributed by atoms with Gasteiger partial charge < -0.3 is 10.2 Å². The monoisotopic (exact) mass is 385 g/mol. The maximum absolute atomic E-state index is 13.3. The van der Waals surface area contributed by atoms with Crippen LogP contribution < -0.4 is 15.6 Å². The Balaban J connectivity index is 1.75. The van der Waals surface area contributed by atoms with E-state index >= 15 is 0 Å². The van der Waals surface area contributed by atoms with Crippen LogP contribution in [0.15, 0.2) is 24.3 Å². The van der Waals surface area contributed by atoms with Crippen molar-refractivity contribution in [2.45, 2.75) is 13.8 Å². The largest absolute Gasteiger partial charge is 0.341 e. The number of nitrogens with one attached hydrogen (secondary N) is 2. The number of urea groups is 1. The third-order valence-electron chi connectivity index (χ3n) is 5.03. The molecule has 142 valence electrons. The number of hydrazine groups is 1. The summed E-state index contributed by atoms with van der Waals surface area (Å²) >= 11 is 1.54. The van der Waals surface area contributed by atoms with Crippen molar-refractivity contribution in [1.29, 1.82) is 0 Å². The molecule has 27 heavy (non-hydrogen) atoms. The minimum atomic E-state index is -0.245. The maximum atomic E-state index is 13.3. The van der Waals surface area contributed by atoms with Gasteiger partial charge in [0.05, 0.1) is 22.6 Å². The summed E-state index contributed by atoms with van der Waals surface area (Å²) in [4.78, 5) is 31.9. The van der Waals surface area contributed by atoms with Gasteiger partial charge in [-0.2, -0.15) is 0 Å². The highest BCUT2D eigenvalue weighted by molar-refractivity contribution is 7.13. The number of piperazine rings is 1. The lowest BCUT2D eigenvalue weighted by Gasteiger charge is -2.34. The molecular weight excluding hydrogens is 362 g/mol. The number of carbonyl (C=O) groups is 2. The Morgan fingerprint density at radius 2 is 1.81 bits per heavy atom. The van der Waals surface area contributed by atoms with E-state index < -0.39 is 0 Å². The molecule has 4 rings (SSSR count). The van der Waals surface area contributed by atoms with Crippen molar-refractivity contribution in [3.8, 4) is 0 Å². The fourth-order valence-electron chi connectivity index (χ4n) is 3.60. The Kier molecular flexibility index (Phi) is 4.63. The van der Waals surface area contributed by atoms with Crippen molar-refractivity contribution in [2.75, 3.05) is 43.4 Å². The molecule has 2 N–H and O–H groups in total. The number of rotatable bonds is 1. The molecule has 0 bridgehead atoms. The van der Waals surface area contributed by atoms with Crippen molar-refractivity contribution >= 4 is 40.3 Å². The van der Waals surface area contributed by atoms with E-state index in [0.29, 0.717) is 22.6 Å². The number of carbonyl (C=O) groups excluding carboxylic acids is 2. The molecule has 2 aliphatic rings. The number of hydrogen-bond acceptors (Lipinski definition) is 5. The summed E-state index contributed by atoms with van der Waals surface area (Å²) in [6.07, 6.45) is 0. The number of para-hydroxylation sites is 2. The molecule has 0 saturated carbocycles. The van der Waals surface area contributed by atoms with Crippen LogP contribution in [0.25, 0.3) is 0 Å². The highest BCUT2D eigenvalue weighted by atomic mass is 32.1. The Morgan fingerprint density at radius 1 is 1.11 bits per heavy atom. The van der Waals surface area contributed by atoms with E-state index in [2.05, 4.69) is 22.7 Å². The summed E-state index contributed by atoms with van der Waals surface area (Å²) in [7, 11) is 2.07. The first kappa shape index (κ1) is 18.0. The average Bonchev–Trinajstić information content (AvgIpc) is 2.84. The molecule has 0 unspecified atom stereocenters. The van der Waals surface area contributed by atoms with Crippen LogP contribution in [0.2, 0.25) is 0 Å². The fraction of sp³-hybridized carbons (Fsp3) is 0.368. The van der Waals surface area contributed by atoms with Crippen molar-refractivity contribution in [2.24, 2.45) is 0 Å². The number of anilines is 3. The summed E-state index contributed by atoms with van der Waals surface area (Å²) < 4.78 is 0. The molecule has 0 spiro atoms. The van der Waals surface area contributed by atoms with Crippen LogP contribution >= 0.6 is 11.3 Å². The first-order valence-corrected chi connectivity index (χ1v) is 9.82. The van der Waals surface area contributed by atoms with E-state index in [1.165, 1.54) is 11.3 Å². The van der Waals surface area contributed by atoms with Crippen LogP contribution in [-0.2, 0) is 0 Å². The second-order valence-corrected chi connectivity index (χ2v) is 8.38. The smallest absolute Gasteiger partial charge is 0.320 e. The number of hydrogen-bond donors (Lipinski definition) is 2. The topological polar surface area (TPSA) is 67.9 Å². The van der Waals surface area contributed by atoms with E-state index in [9.17, 15) is 9.59 Å². The van der Waals surface area contributed by atoms with Gasteiger partial charge in [-0.3, -0.25) is 15.1 Å². The molecule has 2 aromatic rings.